The summed E-state index contributed by atoms with van der Waals surface area (Å²) in [6.45, 7) is 0.793. The molecule has 0 unspecified atom stereocenters. The first-order valence-corrected chi connectivity index (χ1v) is 7.63. The summed E-state index contributed by atoms with van der Waals surface area (Å²) in [5, 5.41) is 0. The number of aromatic nitrogens is 3. The summed E-state index contributed by atoms with van der Waals surface area (Å²) in [6, 6.07) is 13.9. The van der Waals surface area contributed by atoms with Crippen LogP contribution in [0.25, 0.3) is 5.82 Å². The van der Waals surface area contributed by atoms with Gasteiger partial charge >= 0.3 is 0 Å². The van der Waals surface area contributed by atoms with Crippen LogP contribution in [0.15, 0.2) is 67.4 Å². The van der Waals surface area contributed by atoms with Crippen LogP contribution in [0.1, 0.15) is 28.4 Å². The third-order valence-electron chi connectivity index (χ3n) is 4.23. The molecule has 3 aromatic rings. The third kappa shape index (κ3) is 2.50. The highest BCUT2D eigenvalue weighted by Crippen LogP contribution is 2.34. The highest BCUT2D eigenvalue weighted by molar-refractivity contribution is 5.95. The monoisotopic (exact) mass is 304 g/mol. The van der Waals surface area contributed by atoms with Gasteiger partial charge in [-0.05, 0) is 24.1 Å². The minimum atomic E-state index is 0.0499. The van der Waals surface area contributed by atoms with Gasteiger partial charge in [0, 0.05) is 30.7 Å². The fourth-order valence-corrected chi connectivity index (χ4v) is 2.91. The predicted molar refractivity (Wildman–Crippen MR) is 86.2 cm³/mol. The Labute approximate surface area is 134 Å². The third-order valence-corrected chi connectivity index (χ3v) is 4.23. The Morgan fingerprint density at radius 1 is 1.13 bits per heavy atom. The molecule has 5 heteroatoms. The van der Waals surface area contributed by atoms with Crippen LogP contribution in [-0.2, 0) is 0 Å². The predicted octanol–water partition coefficient (Wildman–Crippen LogP) is 2.85. The second-order valence-electron chi connectivity index (χ2n) is 5.59. The highest BCUT2D eigenvalue weighted by Gasteiger charge is 2.33. The fraction of sp³-hybridized carbons (Fsp3) is 0.167. The average Bonchev–Trinajstić information content (AvgIpc) is 3.09. The Bertz CT molecular complexity index is 814. The molecule has 1 aliphatic heterocycles. The molecule has 0 aliphatic carbocycles. The minimum absolute atomic E-state index is 0.0499. The molecule has 1 saturated heterocycles. The first kappa shape index (κ1) is 13.7. The molecular weight excluding hydrogens is 288 g/mol. The number of benzene rings is 1. The second-order valence-corrected chi connectivity index (χ2v) is 5.59. The van der Waals surface area contributed by atoms with E-state index in [0.717, 1.165) is 13.0 Å². The first-order valence-electron chi connectivity index (χ1n) is 7.63. The van der Waals surface area contributed by atoms with E-state index in [0.29, 0.717) is 11.4 Å². The van der Waals surface area contributed by atoms with Gasteiger partial charge in [-0.2, -0.15) is 0 Å². The van der Waals surface area contributed by atoms with Crippen LogP contribution in [-0.4, -0.2) is 31.9 Å². The van der Waals surface area contributed by atoms with Crippen LogP contribution >= 0.6 is 0 Å². The van der Waals surface area contributed by atoms with Crippen LogP contribution in [0.2, 0.25) is 0 Å². The van der Waals surface area contributed by atoms with Crippen LogP contribution in [0.3, 0.4) is 0 Å². The molecule has 1 aliphatic rings. The molecule has 1 amide bonds. The van der Waals surface area contributed by atoms with Gasteiger partial charge in [-0.15, -0.1) is 0 Å². The molecule has 0 saturated carbocycles. The van der Waals surface area contributed by atoms with E-state index in [2.05, 4.69) is 22.1 Å². The Kier molecular flexibility index (Phi) is 3.38. The lowest BCUT2D eigenvalue weighted by atomic mass is 9.94. The van der Waals surface area contributed by atoms with Crippen molar-refractivity contribution in [1.82, 2.24) is 19.4 Å². The molecule has 1 fully saturated rings. The van der Waals surface area contributed by atoms with E-state index in [-0.39, 0.29) is 11.9 Å². The maximum atomic E-state index is 12.8. The summed E-state index contributed by atoms with van der Waals surface area (Å²) in [7, 11) is 0. The van der Waals surface area contributed by atoms with Gasteiger partial charge in [0.2, 0.25) is 0 Å². The van der Waals surface area contributed by atoms with Gasteiger partial charge in [-0.1, -0.05) is 30.3 Å². The molecular formula is C18H16N4O. The number of likely N-dealkylation sites (tertiary alicyclic amines) is 1. The van der Waals surface area contributed by atoms with Crippen molar-refractivity contribution in [3.63, 3.8) is 0 Å². The number of hydrogen-bond donors (Lipinski definition) is 0. The largest absolute Gasteiger partial charge is 0.331 e. The molecule has 0 radical (unpaired) electrons. The van der Waals surface area contributed by atoms with Crippen molar-refractivity contribution in [3.05, 3.63) is 78.5 Å². The van der Waals surface area contributed by atoms with E-state index in [1.807, 2.05) is 35.4 Å². The zero-order chi connectivity index (χ0) is 15.6. The van der Waals surface area contributed by atoms with E-state index in [1.54, 1.807) is 29.4 Å². The van der Waals surface area contributed by atoms with Crippen molar-refractivity contribution in [2.24, 2.45) is 0 Å². The Morgan fingerprint density at radius 3 is 2.70 bits per heavy atom. The van der Waals surface area contributed by atoms with Gasteiger partial charge in [-0.25, -0.2) is 9.97 Å². The summed E-state index contributed by atoms with van der Waals surface area (Å²) in [4.78, 5) is 23.0. The molecule has 0 N–H and O–H groups in total. The normalized spacial score (nSPS) is 16.9. The molecule has 1 atom stereocenters. The zero-order valence-electron chi connectivity index (χ0n) is 12.5. The number of imidazole rings is 1. The average molecular weight is 304 g/mol. The number of amides is 1. The van der Waals surface area contributed by atoms with Crippen molar-refractivity contribution >= 4 is 5.91 Å². The first-order chi connectivity index (χ1) is 11.3. The lowest BCUT2D eigenvalue weighted by Crippen LogP contribution is -2.45. The number of carbonyl (C=O) groups excluding carboxylic acids is 1. The molecule has 0 bridgehead atoms. The molecule has 2 aromatic heterocycles. The van der Waals surface area contributed by atoms with Crippen molar-refractivity contribution in [1.29, 1.82) is 0 Å². The standard InChI is InChI=1S/C18H16N4O/c23-18(22-10-7-16(22)14-4-2-1-3-5-14)15-6-8-20-17(12-15)21-11-9-19-13-21/h1-6,8-9,11-13,16H,7,10H2/t16-/m0/s1. The van der Waals surface area contributed by atoms with Gasteiger partial charge in [0.1, 0.15) is 12.1 Å². The summed E-state index contributed by atoms with van der Waals surface area (Å²) in [5.41, 5.74) is 1.85. The summed E-state index contributed by atoms with van der Waals surface area (Å²) < 4.78 is 1.79. The molecule has 0 spiro atoms. The van der Waals surface area contributed by atoms with Gasteiger partial charge in [0.15, 0.2) is 0 Å². The maximum Gasteiger partial charge on any atom is 0.254 e. The van der Waals surface area contributed by atoms with E-state index in [9.17, 15) is 4.79 Å². The van der Waals surface area contributed by atoms with Crippen molar-refractivity contribution < 1.29 is 4.79 Å². The number of nitrogens with zero attached hydrogens (tertiary/aromatic N) is 4. The van der Waals surface area contributed by atoms with Gasteiger partial charge in [0.05, 0.1) is 6.04 Å². The molecule has 5 nitrogen and oxygen atoms in total. The smallest absolute Gasteiger partial charge is 0.254 e. The van der Waals surface area contributed by atoms with Crippen molar-refractivity contribution in [2.45, 2.75) is 12.5 Å². The highest BCUT2D eigenvalue weighted by atomic mass is 16.2. The van der Waals surface area contributed by atoms with E-state index in [4.69, 9.17) is 0 Å². The van der Waals surface area contributed by atoms with Crippen LogP contribution in [0.5, 0.6) is 0 Å². The molecule has 3 heterocycles. The Balaban J connectivity index is 1.59. The van der Waals surface area contributed by atoms with Gasteiger partial charge < -0.3 is 4.90 Å². The van der Waals surface area contributed by atoms with E-state index in [1.165, 1.54) is 5.56 Å². The summed E-state index contributed by atoms with van der Waals surface area (Å²) >= 11 is 0. The number of rotatable bonds is 3. The van der Waals surface area contributed by atoms with Crippen LogP contribution in [0, 0.1) is 0 Å². The lowest BCUT2D eigenvalue weighted by Gasteiger charge is -2.41. The zero-order valence-corrected chi connectivity index (χ0v) is 12.5. The number of carbonyl (C=O) groups is 1. The van der Waals surface area contributed by atoms with E-state index < -0.39 is 0 Å². The maximum absolute atomic E-state index is 12.8. The lowest BCUT2D eigenvalue weighted by molar-refractivity contribution is 0.0460. The van der Waals surface area contributed by atoms with E-state index >= 15 is 0 Å². The number of hydrogen-bond acceptors (Lipinski definition) is 3. The second kappa shape index (κ2) is 5.68. The molecule has 23 heavy (non-hydrogen) atoms. The molecule has 1 aromatic carbocycles. The summed E-state index contributed by atoms with van der Waals surface area (Å²) in [5.74, 6) is 0.749. The van der Waals surface area contributed by atoms with Crippen molar-refractivity contribution in [2.75, 3.05) is 6.54 Å². The molecule has 4 rings (SSSR count). The van der Waals surface area contributed by atoms with Gasteiger partial charge in [-0.3, -0.25) is 9.36 Å². The fourth-order valence-electron chi connectivity index (χ4n) is 2.91. The Hall–Kier alpha value is -2.95. The van der Waals surface area contributed by atoms with Crippen LogP contribution in [0.4, 0.5) is 0 Å². The molecule has 114 valence electrons. The van der Waals surface area contributed by atoms with Gasteiger partial charge in [0.25, 0.3) is 5.91 Å². The van der Waals surface area contributed by atoms with Crippen LogP contribution < -0.4 is 0 Å². The topological polar surface area (TPSA) is 51.0 Å². The Morgan fingerprint density at radius 2 is 2.00 bits per heavy atom. The quantitative estimate of drug-likeness (QED) is 0.747. The van der Waals surface area contributed by atoms with Crippen molar-refractivity contribution in [3.8, 4) is 5.82 Å². The minimum Gasteiger partial charge on any atom is -0.331 e. The summed E-state index contributed by atoms with van der Waals surface area (Å²) in [6.07, 6.45) is 7.85. The number of pyridine rings is 1. The SMILES string of the molecule is O=C(c1ccnc(-n2ccnc2)c1)N1CC[C@H]1c1ccccc1.